The molecule has 1 aliphatic heterocycles. The summed E-state index contributed by atoms with van der Waals surface area (Å²) >= 11 is 3.98. The normalized spacial score (nSPS) is 35.6. The zero-order chi connectivity index (χ0) is 14.1. The molecule has 20 heavy (non-hydrogen) atoms. The number of carbonyl (C=O) groups excluding carboxylic acids is 2. The van der Waals surface area contributed by atoms with Crippen LogP contribution < -0.4 is 5.32 Å². The summed E-state index contributed by atoms with van der Waals surface area (Å²) in [7, 11) is 0. The summed E-state index contributed by atoms with van der Waals surface area (Å²) in [5.74, 6) is 0.0642. The van der Waals surface area contributed by atoms with Crippen molar-refractivity contribution >= 4 is 23.7 Å². The largest absolute Gasteiger partial charge is 0.355 e. The van der Waals surface area contributed by atoms with Crippen molar-refractivity contribution in [3.05, 3.63) is 12.2 Å². The number of nitrogens with zero attached hydrogens (tertiary/aromatic N) is 1. The number of fused-ring (bicyclic) bond motifs is 2. The van der Waals surface area contributed by atoms with Gasteiger partial charge in [0.1, 0.15) is 0 Å². The number of rotatable bonds is 5. The van der Waals surface area contributed by atoms with Gasteiger partial charge in [0.25, 0.3) is 0 Å². The Morgan fingerprint density at radius 2 is 1.80 bits per heavy atom. The van der Waals surface area contributed by atoms with Crippen LogP contribution in [0.2, 0.25) is 0 Å². The van der Waals surface area contributed by atoms with Crippen molar-refractivity contribution in [2.24, 2.45) is 23.7 Å². The second kappa shape index (κ2) is 5.90. The first-order valence-corrected chi connectivity index (χ1v) is 8.03. The van der Waals surface area contributed by atoms with Crippen LogP contribution >= 0.6 is 12.6 Å². The minimum Gasteiger partial charge on any atom is -0.355 e. The second-order valence-electron chi connectivity index (χ2n) is 6.18. The molecule has 1 N–H and O–H groups in total. The van der Waals surface area contributed by atoms with E-state index < -0.39 is 0 Å². The van der Waals surface area contributed by atoms with E-state index in [-0.39, 0.29) is 34.7 Å². The van der Waals surface area contributed by atoms with Crippen LogP contribution in [-0.2, 0) is 9.59 Å². The molecule has 0 aromatic heterocycles. The number of carbonyl (C=O) groups is 2. The van der Waals surface area contributed by atoms with Crippen LogP contribution in [0.5, 0.6) is 0 Å². The van der Waals surface area contributed by atoms with E-state index in [0.29, 0.717) is 6.54 Å². The summed E-state index contributed by atoms with van der Waals surface area (Å²) in [6.45, 7) is 3.89. The van der Waals surface area contributed by atoms with Gasteiger partial charge in [-0.05, 0) is 44.2 Å². The minimum atomic E-state index is -0.222. The van der Waals surface area contributed by atoms with E-state index >= 15 is 0 Å². The monoisotopic (exact) mass is 294 g/mol. The highest BCUT2D eigenvalue weighted by Gasteiger charge is 2.50. The molecule has 4 atom stereocenters. The molecule has 1 heterocycles. The predicted octanol–water partition coefficient (Wildman–Crippen LogP) is 1.09. The van der Waals surface area contributed by atoms with Gasteiger partial charge in [-0.3, -0.25) is 9.59 Å². The molecular weight excluding hydrogens is 272 g/mol. The standard InChI is InChI=1S/C15H22N2O2S/c18-14(16-5-8-17-6-1-2-7-17)12-10-3-4-11(9-10)13(12)15(19)20/h3-4,10-13H,1-2,5-9H2,(H,16,18)(H,19,20). The van der Waals surface area contributed by atoms with Crippen LogP contribution in [0.1, 0.15) is 19.3 Å². The summed E-state index contributed by atoms with van der Waals surface area (Å²) in [5, 5.41) is 2.88. The molecule has 110 valence electrons. The van der Waals surface area contributed by atoms with Gasteiger partial charge in [0.15, 0.2) is 5.12 Å². The molecule has 4 unspecified atom stereocenters. The molecule has 2 aliphatic carbocycles. The van der Waals surface area contributed by atoms with Crippen molar-refractivity contribution in [3.8, 4) is 0 Å². The Balaban J connectivity index is 1.53. The third-order valence-corrected chi connectivity index (χ3v) is 5.27. The molecule has 0 radical (unpaired) electrons. The van der Waals surface area contributed by atoms with Gasteiger partial charge in [0, 0.05) is 19.0 Å². The van der Waals surface area contributed by atoms with Crippen LogP contribution in [0.4, 0.5) is 0 Å². The zero-order valence-electron chi connectivity index (χ0n) is 11.6. The number of likely N-dealkylation sites (tertiary alicyclic amines) is 1. The van der Waals surface area contributed by atoms with Crippen LogP contribution in [0.3, 0.4) is 0 Å². The highest BCUT2D eigenvalue weighted by atomic mass is 32.1. The van der Waals surface area contributed by atoms with Crippen LogP contribution in [0.25, 0.3) is 0 Å². The molecule has 0 aromatic carbocycles. The average Bonchev–Trinajstić information content (AvgIpc) is 3.13. The molecule has 4 nitrogen and oxygen atoms in total. The Morgan fingerprint density at radius 1 is 1.15 bits per heavy atom. The van der Waals surface area contributed by atoms with Crippen molar-refractivity contribution in [2.75, 3.05) is 26.2 Å². The highest BCUT2D eigenvalue weighted by molar-refractivity contribution is 7.96. The SMILES string of the molecule is O=C(S)C1C2C=CC(C2)C1C(=O)NCCN1CCCC1. The summed E-state index contributed by atoms with van der Waals surface area (Å²) in [4.78, 5) is 26.4. The van der Waals surface area contributed by atoms with Crippen LogP contribution in [0.15, 0.2) is 12.2 Å². The Labute approximate surface area is 125 Å². The summed E-state index contributed by atoms with van der Waals surface area (Å²) in [6.07, 6.45) is 7.64. The first-order chi connectivity index (χ1) is 9.66. The van der Waals surface area contributed by atoms with Gasteiger partial charge in [-0.1, -0.05) is 12.2 Å². The number of amides is 1. The minimum absolute atomic E-state index is 0.0356. The van der Waals surface area contributed by atoms with Crippen molar-refractivity contribution in [3.63, 3.8) is 0 Å². The molecule has 5 heteroatoms. The van der Waals surface area contributed by atoms with E-state index in [1.807, 2.05) is 0 Å². The molecule has 3 aliphatic rings. The molecule has 2 fully saturated rings. The van der Waals surface area contributed by atoms with Gasteiger partial charge in [0.2, 0.25) is 5.91 Å². The lowest BCUT2D eigenvalue weighted by atomic mass is 9.83. The first-order valence-electron chi connectivity index (χ1n) is 7.58. The lowest BCUT2D eigenvalue weighted by molar-refractivity contribution is -0.130. The quantitative estimate of drug-likeness (QED) is 0.589. The van der Waals surface area contributed by atoms with Crippen LogP contribution in [0, 0.1) is 23.7 Å². The van der Waals surface area contributed by atoms with Crippen molar-refractivity contribution in [1.29, 1.82) is 0 Å². The van der Waals surface area contributed by atoms with E-state index in [4.69, 9.17) is 0 Å². The van der Waals surface area contributed by atoms with Crippen LogP contribution in [-0.4, -0.2) is 42.1 Å². The highest BCUT2D eigenvalue weighted by Crippen LogP contribution is 2.48. The van der Waals surface area contributed by atoms with E-state index in [9.17, 15) is 9.59 Å². The summed E-state index contributed by atoms with van der Waals surface area (Å²) in [5.41, 5.74) is 0. The van der Waals surface area contributed by atoms with E-state index in [0.717, 1.165) is 26.1 Å². The topological polar surface area (TPSA) is 49.4 Å². The molecule has 0 aromatic rings. The fourth-order valence-corrected chi connectivity index (χ4v) is 4.33. The average molecular weight is 294 g/mol. The van der Waals surface area contributed by atoms with Gasteiger partial charge in [-0.2, -0.15) is 0 Å². The van der Waals surface area contributed by atoms with Gasteiger partial charge < -0.3 is 10.2 Å². The number of allylic oxidation sites excluding steroid dienone is 2. The Bertz CT molecular complexity index is 432. The second-order valence-corrected chi connectivity index (χ2v) is 6.62. The van der Waals surface area contributed by atoms with Gasteiger partial charge in [-0.25, -0.2) is 0 Å². The smallest absolute Gasteiger partial charge is 0.224 e. The fourth-order valence-electron chi connectivity index (χ4n) is 3.98. The molecule has 1 saturated carbocycles. The molecule has 0 spiro atoms. The number of hydrogen-bond donors (Lipinski definition) is 2. The Kier molecular flexibility index (Phi) is 4.17. The number of thiol groups is 1. The first kappa shape index (κ1) is 14.1. The van der Waals surface area contributed by atoms with Gasteiger partial charge in [-0.15, -0.1) is 12.6 Å². The lowest BCUT2D eigenvalue weighted by Gasteiger charge is -2.25. The molecule has 3 rings (SSSR count). The third-order valence-electron chi connectivity index (χ3n) is 4.97. The molecule has 2 bridgehead atoms. The summed E-state index contributed by atoms with van der Waals surface area (Å²) in [6, 6.07) is 0. The van der Waals surface area contributed by atoms with Gasteiger partial charge >= 0.3 is 0 Å². The fraction of sp³-hybridized carbons (Fsp3) is 0.733. The molecule has 1 amide bonds. The Hall–Kier alpha value is -0.810. The zero-order valence-corrected chi connectivity index (χ0v) is 12.5. The van der Waals surface area contributed by atoms with E-state index in [1.165, 1.54) is 12.8 Å². The predicted molar refractivity (Wildman–Crippen MR) is 80.4 cm³/mol. The maximum Gasteiger partial charge on any atom is 0.224 e. The maximum atomic E-state index is 12.4. The Morgan fingerprint density at radius 3 is 2.45 bits per heavy atom. The van der Waals surface area contributed by atoms with Crippen molar-refractivity contribution < 1.29 is 9.59 Å². The third kappa shape index (κ3) is 2.66. The molecule has 1 saturated heterocycles. The van der Waals surface area contributed by atoms with E-state index in [1.54, 1.807) is 0 Å². The van der Waals surface area contributed by atoms with E-state index in [2.05, 4.69) is 35.0 Å². The van der Waals surface area contributed by atoms with Crippen molar-refractivity contribution in [2.45, 2.75) is 19.3 Å². The lowest BCUT2D eigenvalue weighted by Crippen LogP contribution is -2.42. The molecular formula is C15H22N2O2S. The maximum absolute atomic E-state index is 12.4. The van der Waals surface area contributed by atoms with Gasteiger partial charge in [0.05, 0.1) is 5.92 Å². The van der Waals surface area contributed by atoms with Crippen molar-refractivity contribution in [1.82, 2.24) is 10.2 Å². The number of nitrogens with one attached hydrogen (secondary N) is 1. The number of hydrogen-bond acceptors (Lipinski definition) is 3. The summed E-state index contributed by atoms with van der Waals surface area (Å²) < 4.78 is 0.